The quantitative estimate of drug-likeness (QED) is 0.729. The minimum Gasteiger partial charge on any atom is -0.310 e. The van der Waals surface area contributed by atoms with Gasteiger partial charge in [0.25, 0.3) is 0 Å². The van der Waals surface area contributed by atoms with Crippen LogP contribution in [0.5, 0.6) is 0 Å². The molecule has 1 saturated heterocycles. The van der Waals surface area contributed by atoms with Gasteiger partial charge in [0.15, 0.2) is 17.5 Å². The van der Waals surface area contributed by atoms with Gasteiger partial charge in [0, 0.05) is 6.04 Å². The van der Waals surface area contributed by atoms with Gasteiger partial charge < -0.3 is 5.32 Å². The van der Waals surface area contributed by atoms with E-state index in [0.29, 0.717) is 11.5 Å². The Balaban J connectivity index is 2.21. The lowest BCUT2D eigenvalue weighted by molar-refractivity contribution is 0.330. The largest absolute Gasteiger partial charge is 0.310 e. The second-order valence-corrected chi connectivity index (χ2v) is 4.44. The van der Waals surface area contributed by atoms with E-state index in [1.807, 2.05) is 0 Å². The molecule has 16 heavy (non-hydrogen) atoms. The highest BCUT2D eigenvalue weighted by atomic mass is 19.2. The molecule has 0 saturated carbocycles. The van der Waals surface area contributed by atoms with Crippen molar-refractivity contribution in [1.29, 1.82) is 0 Å². The second-order valence-electron chi connectivity index (χ2n) is 4.44. The van der Waals surface area contributed by atoms with Crippen molar-refractivity contribution in [2.45, 2.75) is 25.8 Å². The van der Waals surface area contributed by atoms with Crippen LogP contribution in [0.25, 0.3) is 0 Å². The molecule has 1 N–H and O–H groups in total. The van der Waals surface area contributed by atoms with Crippen LogP contribution in [-0.2, 0) is 0 Å². The fourth-order valence-electron chi connectivity index (χ4n) is 2.06. The lowest BCUT2D eigenvalue weighted by Crippen LogP contribution is -2.32. The Bertz CT molecular complexity index is 361. The monoisotopic (exact) mass is 229 g/mol. The van der Waals surface area contributed by atoms with E-state index in [9.17, 15) is 13.2 Å². The fraction of sp³-hybridized carbons (Fsp3) is 0.500. The maximum absolute atomic E-state index is 13.0. The number of hydrogen-bond acceptors (Lipinski definition) is 1. The number of rotatable bonds is 1. The average molecular weight is 229 g/mol. The van der Waals surface area contributed by atoms with Gasteiger partial charge in [0.2, 0.25) is 0 Å². The minimum atomic E-state index is -1.40. The summed E-state index contributed by atoms with van der Waals surface area (Å²) in [6, 6.07) is 2.08. The third-order valence-electron chi connectivity index (χ3n) is 3.07. The van der Waals surface area contributed by atoms with Crippen molar-refractivity contribution in [2.75, 3.05) is 6.54 Å². The van der Waals surface area contributed by atoms with Gasteiger partial charge in [-0.3, -0.25) is 0 Å². The predicted octanol–water partition coefficient (Wildman–Crippen LogP) is 3.16. The van der Waals surface area contributed by atoms with Crippen molar-refractivity contribution in [3.63, 3.8) is 0 Å². The second kappa shape index (κ2) is 4.45. The first-order valence-electron chi connectivity index (χ1n) is 5.45. The Morgan fingerprint density at radius 2 is 1.75 bits per heavy atom. The molecule has 1 aromatic rings. The first kappa shape index (κ1) is 11.5. The third kappa shape index (κ3) is 2.21. The first-order valence-corrected chi connectivity index (χ1v) is 5.45. The molecule has 0 aromatic heterocycles. The van der Waals surface area contributed by atoms with Crippen molar-refractivity contribution in [3.05, 3.63) is 35.1 Å². The average Bonchev–Trinajstić information content (AvgIpc) is 2.26. The third-order valence-corrected chi connectivity index (χ3v) is 3.07. The molecule has 0 spiro atoms. The van der Waals surface area contributed by atoms with Gasteiger partial charge >= 0.3 is 0 Å². The summed E-state index contributed by atoms with van der Waals surface area (Å²) in [6.07, 6.45) is 1.84. The molecule has 0 bridgehead atoms. The maximum atomic E-state index is 13.0. The van der Waals surface area contributed by atoms with Crippen molar-refractivity contribution >= 4 is 0 Å². The molecule has 0 aliphatic carbocycles. The molecule has 2 atom stereocenters. The summed E-state index contributed by atoms with van der Waals surface area (Å²) in [7, 11) is 0. The van der Waals surface area contributed by atoms with Crippen molar-refractivity contribution in [1.82, 2.24) is 5.32 Å². The summed E-state index contributed by atoms with van der Waals surface area (Å²) in [5.74, 6) is -3.05. The molecular weight excluding hydrogens is 215 g/mol. The summed E-state index contributed by atoms with van der Waals surface area (Å²) < 4.78 is 38.8. The van der Waals surface area contributed by atoms with Gasteiger partial charge in [-0.2, -0.15) is 0 Å². The number of halogens is 3. The van der Waals surface area contributed by atoms with Crippen LogP contribution < -0.4 is 5.32 Å². The smallest absolute Gasteiger partial charge is 0.194 e. The van der Waals surface area contributed by atoms with Crippen LogP contribution in [0, 0.1) is 23.4 Å². The Labute approximate surface area is 92.7 Å². The molecular formula is C12H14F3N. The highest BCUT2D eigenvalue weighted by Crippen LogP contribution is 2.27. The van der Waals surface area contributed by atoms with Crippen molar-refractivity contribution in [3.8, 4) is 0 Å². The minimum absolute atomic E-state index is 0.0687. The molecule has 88 valence electrons. The van der Waals surface area contributed by atoms with Crippen LogP contribution in [-0.4, -0.2) is 6.54 Å². The van der Waals surface area contributed by atoms with Crippen molar-refractivity contribution < 1.29 is 13.2 Å². The number of nitrogens with one attached hydrogen (secondary N) is 1. The summed E-state index contributed by atoms with van der Waals surface area (Å²) in [6.45, 7) is 2.94. The summed E-state index contributed by atoms with van der Waals surface area (Å²) in [4.78, 5) is 0. The molecule has 1 aliphatic heterocycles. The lowest BCUT2D eigenvalue weighted by atomic mass is 9.92. The molecule has 0 radical (unpaired) electrons. The topological polar surface area (TPSA) is 12.0 Å². The maximum Gasteiger partial charge on any atom is 0.194 e. The fourth-order valence-corrected chi connectivity index (χ4v) is 2.06. The summed E-state index contributed by atoms with van der Waals surface area (Å²) in [5, 5.41) is 3.20. The van der Waals surface area contributed by atoms with E-state index in [2.05, 4.69) is 12.2 Å². The zero-order chi connectivity index (χ0) is 11.7. The van der Waals surface area contributed by atoms with Crippen molar-refractivity contribution in [2.24, 2.45) is 5.92 Å². The normalized spacial score (nSPS) is 25.8. The van der Waals surface area contributed by atoms with Crippen LogP contribution in [0.3, 0.4) is 0 Å². The molecule has 1 nitrogen and oxygen atoms in total. The van der Waals surface area contributed by atoms with E-state index in [4.69, 9.17) is 0 Å². The molecule has 0 unspecified atom stereocenters. The number of piperidine rings is 1. The molecule has 2 rings (SSSR count). The number of benzene rings is 1. The Kier molecular flexibility index (Phi) is 3.19. The highest BCUT2D eigenvalue weighted by molar-refractivity contribution is 5.23. The SMILES string of the molecule is C[C@H]1CC[C@H](c2cc(F)c(F)c(F)c2)NC1. The molecule has 1 fully saturated rings. The van der Waals surface area contributed by atoms with Gasteiger partial charge in [-0.15, -0.1) is 0 Å². The Hall–Kier alpha value is -1.03. The van der Waals surface area contributed by atoms with Crippen LogP contribution in [0.4, 0.5) is 13.2 Å². The predicted molar refractivity (Wildman–Crippen MR) is 55.5 cm³/mol. The zero-order valence-electron chi connectivity index (χ0n) is 9.06. The van der Waals surface area contributed by atoms with E-state index < -0.39 is 17.5 Å². The van der Waals surface area contributed by atoms with E-state index in [1.54, 1.807) is 0 Å². The van der Waals surface area contributed by atoms with Crippen LogP contribution in [0.2, 0.25) is 0 Å². The molecule has 1 aliphatic rings. The standard InChI is InChI=1S/C12H14F3N/c1-7-2-3-11(16-6-7)8-4-9(13)12(15)10(14)5-8/h4-5,7,11,16H,2-3,6H2,1H3/t7-,11+/m0/s1. The van der Waals surface area contributed by atoms with E-state index in [-0.39, 0.29) is 6.04 Å². The van der Waals surface area contributed by atoms with Crippen LogP contribution >= 0.6 is 0 Å². The zero-order valence-corrected chi connectivity index (χ0v) is 9.06. The molecule has 4 heteroatoms. The van der Waals surface area contributed by atoms with E-state index >= 15 is 0 Å². The van der Waals surface area contributed by atoms with Gasteiger partial charge in [-0.05, 0) is 43.0 Å². The van der Waals surface area contributed by atoms with Gasteiger partial charge in [-0.1, -0.05) is 6.92 Å². The molecule has 1 aromatic carbocycles. The van der Waals surface area contributed by atoms with Gasteiger partial charge in [-0.25, -0.2) is 13.2 Å². The summed E-state index contributed by atoms with van der Waals surface area (Å²) >= 11 is 0. The first-order chi connectivity index (χ1) is 7.58. The highest BCUT2D eigenvalue weighted by Gasteiger charge is 2.21. The number of hydrogen-bond donors (Lipinski definition) is 1. The molecule has 0 amide bonds. The Morgan fingerprint density at radius 1 is 1.12 bits per heavy atom. The lowest BCUT2D eigenvalue weighted by Gasteiger charge is -2.28. The van der Waals surface area contributed by atoms with E-state index in [1.165, 1.54) is 0 Å². The van der Waals surface area contributed by atoms with Gasteiger partial charge in [0.05, 0.1) is 0 Å². The summed E-state index contributed by atoms with van der Waals surface area (Å²) in [5.41, 5.74) is 0.489. The van der Waals surface area contributed by atoms with Gasteiger partial charge in [0.1, 0.15) is 0 Å². The molecule has 1 heterocycles. The van der Waals surface area contributed by atoms with Crippen LogP contribution in [0.1, 0.15) is 31.4 Å². The Morgan fingerprint density at radius 3 is 2.25 bits per heavy atom. The van der Waals surface area contributed by atoms with Crippen LogP contribution in [0.15, 0.2) is 12.1 Å². The van der Waals surface area contributed by atoms with E-state index in [0.717, 1.165) is 31.5 Å².